The number of allylic oxidation sites excluding steroid dienone is 2. The van der Waals surface area contributed by atoms with E-state index in [-0.39, 0.29) is 12.2 Å². The Labute approximate surface area is 171 Å². The molecule has 0 saturated heterocycles. The van der Waals surface area contributed by atoms with Gasteiger partial charge in [0.15, 0.2) is 0 Å². The van der Waals surface area contributed by atoms with Gasteiger partial charge in [0.2, 0.25) is 0 Å². The average molecular weight is 389 g/mol. The van der Waals surface area contributed by atoms with E-state index in [1.165, 1.54) is 32.1 Å². The lowest BCUT2D eigenvalue weighted by atomic mass is 9.46. The molecule has 0 radical (unpaired) electrons. The molecule has 4 aliphatic rings. The first-order valence-electron chi connectivity index (χ1n) is 11.9. The maximum absolute atomic E-state index is 11.2. The predicted octanol–water partition coefficient (Wildman–Crippen LogP) is 4.76. The summed E-state index contributed by atoms with van der Waals surface area (Å²) in [5, 5.41) is 21.4. The van der Waals surface area contributed by atoms with Gasteiger partial charge in [-0.15, -0.1) is 0 Å². The minimum absolute atomic E-state index is 0.150. The van der Waals surface area contributed by atoms with Crippen LogP contribution in [0.1, 0.15) is 78.1 Å². The van der Waals surface area contributed by atoms with Crippen molar-refractivity contribution in [3.8, 4) is 0 Å². The SMILES string of the molecule is CC(CC/C=C/C=O)C1CCC2C1CCC1C2C(O)CC2CC(O)CCC21C. The zero-order valence-corrected chi connectivity index (χ0v) is 17.8. The van der Waals surface area contributed by atoms with Crippen LogP contribution >= 0.6 is 0 Å². The van der Waals surface area contributed by atoms with E-state index in [9.17, 15) is 15.0 Å². The van der Waals surface area contributed by atoms with E-state index in [1.807, 2.05) is 6.08 Å². The van der Waals surface area contributed by atoms with Crippen molar-refractivity contribution < 1.29 is 15.0 Å². The Morgan fingerprint density at radius 1 is 1.07 bits per heavy atom. The van der Waals surface area contributed by atoms with Gasteiger partial charge in [-0.3, -0.25) is 4.79 Å². The molecule has 10 atom stereocenters. The van der Waals surface area contributed by atoms with Crippen molar-refractivity contribution in [1.29, 1.82) is 0 Å². The highest BCUT2D eigenvalue weighted by Gasteiger charge is 2.59. The van der Waals surface area contributed by atoms with Crippen molar-refractivity contribution >= 4 is 6.29 Å². The number of aliphatic hydroxyl groups excluding tert-OH is 2. The average Bonchev–Trinajstić information content (AvgIpc) is 3.11. The molecule has 0 spiro atoms. The molecule has 2 N–H and O–H groups in total. The van der Waals surface area contributed by atoms with Gasteiger partial charge in [0.1, 0.15) is 6.29 Å². The number of fused-ring (bicyclic) bond motifs is 5. The topological polar surface area (TPSA) is 57.5 Å². The van der Waals surface area contributed by atoms with Crippen LogP contribution in [0, 0.1) is 46.8 Å². The van der Waals surface area contributed by atoms with Crippen LogP contribution in [0.4, 0.5) is 0 Å². The molecule has 4 aliphatic carbocycles. The summed E-state index contributed by atoms with van der Waals surface area (Å²) in [6.45, 7) is 4.90. The van der Waals surface area contributed by atoms with Gasteiger partial charge < -0.3 is 10.2 Å². The van der Waals surface area contributed by atoms with Crippen LogP contribution in [0.25, 0.3) is 0 Å². The maximum atomic E-state index is 11.2. The Kier molecular flexibility index (Phi) is 6.05. The van der Waals surface area contributed by atoms with Crippen LogP contribution in [0.15, 0.2) is 12.2 Å². The molecule has 4 fully saturated rings. The lowest BCUT2D eigenvalue weighted by Crippen LogP contribution is -2.56. The van der Waals surface area contributed by atoms with Gasteiger partial charge in [-0.2, -0.15) is 0 Å². The standard InChI is InChI=1S/C25H40O3/c1-16(6-4-3-5-13-26)19-7-8-21-20(19)9-10-22-24(21)23(28)15-17-14-18(27)11-12-25(17,22)2/h3,5,13,16-24,27-28H,4,6-12,14-15H2,1-2H3/b5-3+. The molecular formula is C25H40O3. The van der Waals surface area contributed by atoms with E-state index < -0.39 is 0 Å². The zero-order valence-electron chi connectivity index (χ0n) is 17.8. The second-order valence-electron chi connectivity index (χ2n) is 10.9. The molecule has 10 unspecified atom stereocenters. The van der Waals surface area contributed by atoms with E-state index >= 15 is 0 Å². The molecule has 0 aromatic carbocycles. The van der Waals surface area contributed by atoms with Gasteiger partial charge in [-0.25, -0.2) is 0 Å². The van der Waals surface area contributed by atoms with Crippen LogP contribution in [0.5, 0.6) is 0 Å². The zero-order chi connectivity index (χ0) is 19.9. The van der Waals surface area contributed by atoms with Crippen molar-refractivity contribution in [3.05, 3.63) is 12.2 Å². The first-order valence-corrected chi connectivity index (χ1v) is 11.9. The quantitative estimate of drug-likeness (QED) is 0.527. The molecule has 0 aromatic rings. The van der Waals surface area contributed by atoms with E-state index in [1.54, 1.807) is 6.08 Å². The molecular weight excluding hydrogens is 348 g/mol. The Bertz CT molecular complexity index is 586. The van der Waals surface area contributed by atoms with Gasteiger partial charge in [-0.1, -0.05) is 19.9 Å². The van der Waals surface area contributed by atoms with E-state index in [2.05, 4.69) is 13.8 Å². The van der Waals surface area contributed by atoms with Crippen LogP contribution in [0.2, 0.25) is 0 Å². The highest BCUT2D eigenvalue weighted by molar-refractivity contribution is 5.64. The molecule has 4 saturated carbocycles. The lowest BCUT2D eigenvalue weighted by Gasteiger charge is -2.60. The van der Waals surface area contributed by atoms with Crippen LogP contribution in [0.3, 0.4) is 0 Å². The maximum Gasteiger partial charge on any atom is 0.142 e. The number of aliphatic hydroxyl groups is 2. The van der Waals surface area contributed by atoms with Crippen molar-refractivity contribution in [3.63, 3.8) is 0 Å². The summed E-state index contributed by atoms with van der Waals surface area (Å²) in [6, 6.07) is 0. The minimum Gasteiger partial charge on any atom is -0.393 e. The third kappa shape index (κ3) is 3.51. The first-order chi connectivity index (χ1) is 13.5. The molecule has 3 heteroatoms. The van der Waals surface area contributed by atoms with Crippen molar-refractivity contribution in [2.45, 2.75) is 90.3 Å². The number of rotatable bonds is 5. The number of carbonyl (C=O) groups is 1. The smallest absolute Gasteiger partial charge is 0.142 e. The molecule has 0 heterocycles. The first kappa shape index (κ1) is 20.6. The fourth-order valence-corrected chi connectivity index (χ4v) is 8.35. The van der Waals surface area contributed by atoms with Crippen molar-refractivity contribution in [2.24, 2.45) is 46.8 Å². The summed E-state index contributed by atoms with van der Waals surface area (Å²) in [6.07, 6.45) is 15.5. The summed E-state index contributed by atoms with van der Waals surface area (Å²) in [7, 11) is 0. The number of hydrogen-bond acceptors (Lipinski definition) is 3. The van der Waals surface area contributed by atoms with Gasteiger partial charge in [0.25, 0.3) is 0 Å². The summed E-state index contributed by atoms with van der Waals surface area (Å²) < 4.78 is 0. The minimum atomic E-state index is -0.161. The Balaban J connectivity index is 1.46. The molecule has 28 heavy (non-hydrogen) atoms. The highest BCUT2D eigenvalue weighted by Crippen LogP contribution is 2.64. The van der Waals surface area contributed by atoms with E-state index in [0.717, 1.165) is 50.2 Å². The van der Waals surface area contributed by atoms with E-state index in [4.69, 9.17) is 0 Å². The van der Waals surface area contributed by atoms with E-state index in [0.29, 0.717) is 35.0 Å². The van der Waals surface area contributed by atoms with Gasteiger partial charge >= 0.3 is 0 Å². The second-order valence-corrected chi connectivity index (χ2v) is 10.9. The summed E-state index contributed by atoms with van der Waals surface area (Å²) in [5.74, 6) is 4.64. The third-order valence-electron chi connectivity index (χ3n) is 9.76. The lowest BCUT2D eigenvalue weighted by molar-refractivity contribution is -0.158. The Morgan fingerprint density at radius 3 is 2.64 bits per heavy atom. The van der Waals surface area contributed by atoms with Crippen LogP contribution in [-0.2, 0) is 4.79 Å². The highest BCUT2D eigenvalue weighted by atomic mass is 16.3. The molecule has 0 bridgehead atoms. The monoisotopic (exact) mass is 388 g/mol. The summed E-state index contributed by atoms with van der Waals surface area (Å²) in [4.78, 5) is 10.5. The third-order valence-corrected chi connectivity index (χ3v) is 9.76. The molecule has 4 rings (SSSR count). The van der Waals surface area contributed by atoms with Crippen molar-refractivity contribution in [1.82, 2.24) is 0 Å². The molecule has 0 aromatic heterocycles. The molecule has 158 valence electrons. The Hall–Kier alpha value is -0.670. The summed E-state index contributed by atoms with van der Waals surface area (Å²) >= 11 is 0. The predicted molar refractivity (Wildman–Crippen MR) is 112 cm³/mol. The van der Waals surface area contributed by atoms with Crippen molar-refractivity contribution in [2.75, 3.05) is 0 Å². The Morgan fingerprint density at radius 2 is 1.86 bits per heavy atom. The van der Waals surface area contributed by atoms with Gasteiger partial charge in [0, 0.05) is 0 Å². The van der Waals surface area contributed by atoms with Gasteiger partial charge in [0.05, 0.1) is 12.2 Å². The normalized spacial score (nSPS) is 49.3. The molecule has 0 amide bonds. The fraction of sp³-hybridized carbons (Fsp3) is 0.880. The second kappa shape index (κ2) is 8.22. The number of hydrogen-bond donors (Lipinski definition) is 2. The summed E-state index contributed by atoms with van der Waals surface area (Å²) in [5.41, 5.74) is 0.331. The van der Waals surface area contributed by atoms with Crippen LogP contribution < -0.4 is 0 Å². The largest absolute Gasteiger partial charge is 0.393 e. The molecule has 0 aliphatic heterocycles. The molecule has 3 nitrogen and oxygen atoms in total. The van der Waals surface area contributed by atoms with Gasteiger partial charge in [-0.05, 0) is 117 Å². The number of carbonyl (C=O) groups excluding carboxylic acids is 1. The van der Waals surface area contributed by atoms with Crippen LogP contribution in [-0.4, -0.2) is 28.7 Å². The fourth-order valence-electron chi connectivity index (χ4n) is 8.35. The number of aldehydes is 1.